The van der Waals surface area contributed by atoms with E-state index in [9.17, 15) is 0 Å². The normalized spacial score (nSPS) is 18.7. The predicted octanol–water partition coefficient (Wildman–Crippen LogP) is 2.11. The smallest absolute Gasteiger partial charge is 0.158 e. The highest BCUT2D eigenvalue weighted by molar-refractivity contribution is 4.92. The fourth-order valence-electron chi connectivity index (χ4n) is 1.08. The minimum absolute atomic E-state index is 0.0607. The summed E-state index contributed by atoms with van der Waals surface area (Å²) in [5, 5.41) is 0. The zero-order valence-electron chi connectivity index (χ0n) is 7.30. The molecule has 0 aromatic heterocycles. The molecule has 0 aromatic carbocycles. The van der Waals surface area contributed by atoms with E-state index in [-0.39, 0.29) is 6.29 Å². The first-order valence-corrected chi connectivity index (χ1v) is 4.15. The number of hydrogen-bond acceptors (Lipinski definition) is 2. The summed E-state index contributed by atoms with van der Waals surface area (Å²) in [5.74, 6) is 0. The number of rotatable bonds is 3. The number of hydrogen-bond donors (Lipinski definition) is 0. The Morgan fingerprint density at radius 3 is 2.55 bits per heavy atom. The molecule has 2 heteroatoms. The molecule has 2 nitrogen and oxygen atoms in total. The van der Waals surface area contributed by atoms with Crippen molar-refractivity contribution in [1.82, 2.24) is 0 Å². The summed E-state index contributed by atoms with van der Waals surface area (Å²) in [6.45, 7) is 5.74. The second-order valence-corrected chi connectivity index (χ2v) is 3.03. The van der Waals surface area contributed by atoms with Gasteiger partial charge < -0.3 is 9.47 Å². The molecule has 1 heterocycles. The van der Waals surface area contributed by atoms with Crippen molar-refractivity contribution in [3.63, 3.8) is 0 Å². The lowest BCUT2D eigenvalue weighted by Crippen LogP contribution is -2.05. The first-order valence-electron chi connectivity index (χ1n) is 4.15. The van der Waals surface area contributed by atoms with E-state index >= 15 is 0 Å². The third kappa shape index (κ3) is 3.54. The van der Waals surface area contributed by atoms with Crippen LogP contribution in [0.3, 0.4) is 0 Å². The minimum atomic E-state index is 0.0607. The quantitative estimate of drug-likeness (QED) is 0.582. The average Bonchev–Trinajstić information content (AvgIpc) is 2.39. The first-order chi connectivity index (χ1) is 5.29. The van der Waals surface area contributed by atoms with E-state index in [0.717, 1.165) is 26.1 Å². The van der Waals surface area contributed by atoms with Gasteiger partial charge in [-0.15, -0.1) is 0 Å². The highest BCUT2D eigenvalue weighted by atomic mass is 16.7. The van der Waals surface area contributed by atoms with E-state index in [1.165, 1.54) is 5.57 Å². The van der Waals surface area contributed by atoms with Gasteiger partial charge in [-0.05, 0) is 20.3 Å². The van der Waals surface area contributed by atoms with Gasteiger partial charge in [0.25, 0.3) is 0 Å². The topological polar surface area (TPSA) is 18.5 Å². The molecular weight excluding hydrogens is 140 g/mol. The number of allylic oxidation sites excluding steroid dienone is 2. The van der Waals surface area contributed by atoms with Crippen molar-refractivity contribution in [3.05, 3.63) is 11.6 Å². The maximum atomic E-state index is 5.28. The van der Waals surface area contributed by atoms with Gasteiger partial charge in [0.15, 0.2) is 6.29 Å². The van der Waals surface area contributed by atoms with Crippen LogP contribution in [-0.2, 0) is 9.47 Å². The molecule has 0 N–H and O–H groups in total. The third-order valence-corrected chi connectivity index (χ3v) is 1.65. The van der Waals surface area contributed by atoms with Crippen molar-refractivity contribution < 1.29 is 9.47 Å². The van der Waals surface area contributed by atoms with Crippen LogP contribution in [0, 0.1) is 0 Å². The lowest BCUT2D eigenvalue weighted by atomic mass is 10.2. The van der Waals surface area contributed by atoms with E-state index in [1.54, 1.807) is 0 Å². The molecule has 0 atom stereocenters. The largest absolute Gasteiger partial charge is 0.350 e. The second kappa shape index (κ2) is 4.52. The molecule has 0 radical (unpaired) electrons. The molecule has 1 rings (SSSR count). The van der Waals surface area contributed by atoms with Crippen LogP contribution in [0.1, 0.15) is 26.7 Å². The SMILES string of the molecule is CC(C)=CCCC1OCCO1. The summed E-state index contributed by atoms with van der Waals surface area (Å²) in [7, 11) is 0. The van der Waals surface area contributed by atoms with Gasteiger partial charge in [-0.2, -0.15) is 0 Å². The molecule has 1 fully saturated rings. The third-order valence-electron chi connectivity index (χ3n) is 1.65. The molecule has 0 unspecified atom stereocenters. The van der Waals surface area contributed by atoms with E-state index in [1.807, 2.05) is 0 Å². The molecule has 0 aromatic rings. The van der Waals surface area contributed by atoms with Gasteiger partial charge in [-0.25, -0.2) is 0 Å². The van der Waals surface area contributed by atoms with Gasteiger partial charge in [-0.1, -0.05) is 11.6 Å². The average molecular weight is 156 g/mol. The Morgan fingerprint density at radius 2 is 2.00 bits per heavy atom. The maximum absolute atomic E-state index is 5.28. The molecular formula is C9H16O2. The van der Waals surface area contributed by atoms with Crippen LogP contribution in [0.2, 0.25) is 0 Å². The molecule has 1 saturated heterocycles. The predicted molar refractivity (Wildman–Crippen MR) is 44.4 cm³/mol. The van der Waals surface area contributed by atoms with Crippen molar-refractivity contribution in [2.24, 2.45) is 0 Å². The lowest BCUT2D eigenvalue weighted by molar-refractivity contribution is -0.0457. The summed E-state index contributed by atoms with van der Waals surface area (Å²) < 4.78 is 10.6. The van der Waals surface area contributed by atoms with Crippen LogP contribution in [0.15, 0.2) is 11.6 Å². The Hall–Kier alpha value is -0.340. The van der Waals surface area contributed by atoms with Crippen LogP contribution in [-0.4, -0.2) is 19.5 Å². The Kier molecular flexibility index (Phi) is 3.60. The van der Waals surface area contributed by atoms with Gasteiger partial charge in [0, 0.05) is 6.42 Å². The second-order valence-electron chi connectivity index (χ2n) is 3.03. The van der Waals surface area contributed by atoms with Crippen LogP contribution in [0.4, 0.5) is 0 Å². The standard InChI is InChI=1S/C9H16O2/c1-8(2)4-3-5-9-10-6-7-11-9/h4,9H,3,5-7H2,1-2H3. The molecule has 0 amide bonds. The van der Waals surface area contributed by atoms with Gasteiger partial charge in [-0.3, -0.25) is 0 Å². The zero-order chi connectivity index (χ0) is 8.10. The summed E-state index contributed by atoms with van der Waals surface area (Å²) in [4.78, 5) is 0. The summed E-state index contributed by atoms with van der Waals surface area (Å²) in [6, 6.07) is 0. The van der Waals surface area contributed by atoms with Gasteiger partial charge >= 0.3 is 0 Å². The van der Waals surface area contributed by atoms with E-state index in [0.29, 0.717) is 0 Å². The Morgan fingerprint density at radius 1 is 1.36 bits per heavy atom. The van der Waals surface area contributed by atoms with Gasteiger partial charge in [0.1, 0.15) is 0 Å². The van der Waals surface area contributed by atoms with Gasteiger partial charge in [0.2, 0.25) is 0 Å². The van der Waals surface area contributed by atoms with Crippen LogP contribution in [0.5, 0.6) is 0 Å². The lowest BCUT2D eigenvalue weighted by Gasteiger charge is -2.05. The summed E-state index contributed by atoms with van der Waals surface area (Å²) >= 11 is 0. The van der Waals surface area contributed by atoms with Crippen molar-refractivity contribution in [1.29, 1.82) is 0 Å². The zero-order valence-corrected chi connectivity index (χ0v) is 7.30. The van der Waals surface area contributed by atoms with Crippen molar-refractivity contribution in [2.75, 3.05) is 13.2 Å². The van der Waals surface area contributed by atoms with Crippen LogP contribution in [0.25, 0.3) is 0 Å². The van der Waals surface area contributed by atoms with Crippen LogP contribution >= 0.6 is 0 Å². The Bertz CT molecular complexity index is 130. The van der Waals surface area contributed by atoms with E-state index < -0.39 is 0 Å². The molecule has 1 aliphatic rings. The molecule has 0 aliphatic carbocycles. The van der Waals surface area contributed by atoms with Crippen molar-refractivity contribution in [3.8, 4) is 0 Å². The monoisotopic (exact) mass is 156 g/mol. The highest BCUT2D eigenvalue weighted by Crippen LogP contribution is 2.10. The summed E-state index contributed by atoms with van der Waals surface area (Å²) in [6.07, 6.45) is 4.33. The van der Waals surface area contributed by atoms with E-state index in [4.69, 9.17) is 9.47 Å². The molecule has 1 aliphatic heterocycles. The molecule has 64 valence electrons. The first kappa shape index (κ1) is 8.75. The fraction of sp³-hybridized carbons (Fsp3) is 0.778. The van der Waals surface area contributed by atoms with Crippen LogP contribution < -0.4 is 0 Å². The van der Waals surface area contributed by atoms with Gasteiger partial charge in [0.05, 0.1) is 13.2 Å². The van der Waals surface area contributed by atoms with Crippen molar-refractivity contribution >= 4 is 0 Å². The molecule has 11 heavy (non-hydrogen) atoms. The van der Waals surface area contributed by atoms with E-state index in [2.05, 4.69) is 19.9 Å². The maximum Gasteiger partial charge on any atom is 0.158 e. The molecule has 0 spiro atoms. The Labute approximate surface area is 68.2 Å². The Balaban J connectivity index is 2.07. The van der Waals surface area contributed by atoms with Crippen molar-refractivity contribution in [2.45, 2.75) is 33.0 Å². The molecule has 0 bridgehead atoms. The fourth-order valence-corrected chi connectivity index (χ4v) is 1.08. The minimum Gasteiger partial charge on any atom is -0.350 e. The number of ether oxygens (including phenoxy) is 2. The summed E-state index contributed by atoms with van der Waals surface area (Å²) in [5.41, 5.74) is 1.36. The highest BCUT2D eigenvalue weighted by Gasteiger charge is 2.13. The molecule has 0 saturated carbocycles.